The number of rotatable bonds is 6. The van der Waals surface area contributed by atoms with E-state index in [0.717, 1.165) is 93.3 Å². The lowest BCUT2D eigenvalue weighted by Crippen LogP contribution is -2.02. The highest BCUT2D eigenvalue weighted by Crippen LogP contribution is 2.46. The summed E-state index contributed by atoms with van der Waals surface area (Å²) in [6.07, 6.45) is 0. The highest BCUT2D eigenvalue weighted by atomic mass is 32.1. The second-order valence-electron chi connectivity index (χ2n) is 14.5. The Morgan fingerprint density at radius 3 is 1.64 bits per heavy atom. The van der Waals surface area contributed by atoms with Crippen LogP contribution in [-0.2, 0) is 0 Å². The fourth-order valence-corrected chi connectivity index (χ4v) is 9.49. The molecule has 0 N–H and O–H groups in total. The zero-order chi connectivity index (χ0) is 38.6. The van der Waals surface area contributed by atoms with Crippen molar-refractivity contribution < 1.29 is 0 Å². The number of thiophene rings is 1. The van der Waals surface area contributed by atoms with Crippen LogP contribution >= 0.6 is 11.3 Å². The quantitative estimate of drug-likeness (QED) is 0.170. The molecule has 0 fully saturated rings. The summed E-state index contributed by atoms with van der Waals surface area (Å²) in [5.41, 5.74) is 14.2. The van der Waals surface area contributed by atoms with E-state index < -0.39 is 0 Å². The zero-order valence-electron chi connectivity index (χ0n) is 31.2. The standard InChI is InChI=1S/C53H32N4S/c54-33-34-25-27-46-44(29-34)45-30-39(35-15-5-1-6-16-35)26-28-47(45)57(46)51-42(36-17-7-2-8-18-36)31-40(32-43(51)37-19-9-3-10-20-37)49-52-50(41-23-13-14-24-48(41)58-52)56-53(55-49)38-21-11-4-12-22-38/h1-32H. The largest absolute Gasteiger partial charge is 0.308 e. The Morgan fingerprint density at radius 2 is 1.00 bits per heavy atom. The Kier molecular flexibility index (Phi) is 8.03. The molecule has 0 radical (unpaired) electrons. The number of aromatic nitrogens is 3. The molecule has 0 saturated carbocycles. The number of nitrogens with zero attached hydrogens (tertiary/aromatic N) is 4. The Bertz CT molecular complexity index is 3320. The van der Waals surface area contributed by atoms with Crippen LogP contribution in [0, 0.1) is 11.3 Å². The van der Waals surface area contributed by atoms with Crippen molar-refractivity contribution in [3.05, 3.63) is 200 Å². The summed E-state index contributed by atoms with van der Waals surface area (Å²) < 4.78 is 4.64. The van der Waals surface area contributed by atoms with Crippen molar-refractivity contribution >= 4 is 53.4 Å². The predicted molar refractivity (Wildman–Crippen MR) is 241 cm³/mol. The molecule has 58 heavy (non-hydrogen) atoms. The SMILES string of the molecule is N#Cc1ccc2c(c1)c1cc(-c3ccccc3)ccc1n2-c1c(-c2ccccc2)cc(-c2nc(-c3ccccc3)nc3c2sc2ccccc23)cc1-c1ccccc1. The Hall–Kier alpha value is -7.65. The predicted octanol–water partition coefficient (Wildman–Crippen LogP) is 14.1. The fraction of sp³-hybridized carbons (Fsp3) is 0. The van der Waals surface area contributed by atoms with Gasteiger partial charge in [0.1, 0.15) is 0 Å². The first kappa shape index (κ1) is 33.7. The molecule has 0 atom stereocenters. The zero-order valence-corrected chi connectivity index (χ0v) is 32.0. The summed E-state index contributed by atoms with van der Waals surface area (Å²) in [4.78, 5) is 10.6. The smallest absolute Gasteiger partial charge is 0.160 e. The highest BCUT2D eigenvalue weighted by molar-refractivity contribution is 7.26. The summed E-state index contributed by atoms with van der Waals surface area (Å²) in [5.74, 6) is 0.697. The van der Waals surface area contributed by atoms with Crippen molar-refractivity contribution in [3.8, 4) is 67.8 Å². The highest BCUT2D eigenvalue weighted by Gasteiger charge is 2.24. The minimum absolute atomic E-state index is 0.629. The molecule has 0 spiro atoms. The third-order valence-electron chi connectivity index (χ3n) is 11.0. The maximum atomic E-state index is 10.1. The first-order valence-electron chi connectivity index (χ1n) is 19.3. The van der Waals surface area contributed by atoms with Crippen molar-refractivity contribution in [2.24, 2.45) is 0 Å². The van der Waals surface area contributed by atoms with E-state index in [-0.39, 0.29) is 0 Å². The molecule has 11 aromatic rings. The summed E-state index contributed by atoms with van der Waals surface area (Å²) in [6.45, 7) is 0. The first-order chi connectivity index (χ1) is 28.7. The van der Waals surface area contributed by atoms with Crippen molar-refractivity contribution in [2.45, 2.75) is 0 Å². The minimum Gasteiger partial charge on any atom is -0.308 e. The van der Waals surface area contributed by atoms with Gasteiger partial charge in [-0.3, -0.25) is 0 Å². The van der Waals surface area contributed by atoms with Gasteiger partial charge in [0.25, 0.3) is 0 Å². The van der Waals surface area contributed by atoms with Gasteiger partial charge in [-0.05, 0) is 70.8 Å². The van der Waals surface area contributed by atoms with Crippen LogP contribution in [0.1, 0.15) is 5.56 Å². The van der Waals surface area contributed by atoms with Crippen LogP contribution in [0.2, 0.25) is 0 Å². The van der Waals surface area contributed by atoms with Gasteiger partial charge in [-0.2, -0.15) is 5.26 Å². The molecule has 0 saturated heterocycles. The van der Waals surface area contributed by atoms with Gasteiger partial charge in [0.05, 0.1) is 44.3 Å². The molecule has 8 aromatic carbocycles. The Balaban J connectivity index is 1.28. The molecule has 5 heteroatoms. The second kappa shape index (κ2) is 13.8. The van der Waals surface area contributed by atoms with Gasteiger partial charge in [0, 0.05) is 43.1 Å². The van der Waals surface area contributed by atoms with Crippen molar-refractivity contribution in [1.29, 1.82) is 5.26 Å². The van der Waals surface area contributed by atoms with E-state index in [1.54, 1.807) is 11.3 Å². The molecule has 3 aromatic heterocycles. The van der Waals surface area contributed by atoms with E-state index in [0.29, 0.717) is 11.4 Å². The number of benzene rings is 8. The number of hydrogen-bond acceptors (Lipinski definition) is 4. The molecule has 4 nitrogen and oxygen atoms in total. The third-order valence-corrected chi connectivity index (χ3v) is 12.2. The van der Waals surface area contributed by atoms with Crippen LogP contribution in [0.3, 0.4) is 0 Å². The number of fused-ring (bicyclic) bond motifs is 6. The summed E-state index contributed by atoms with van der Waals surface area (Å²) in [5, 5.41) is 13.3. The lowest BCUT2D eigenvalue weighted by Gasteiger charge is -2.21. The summed E-state index contributed by atoms with van der Waals surface area (Å²) >= 11 is 1.74. The van der Waals surface area contributed by atoms with Crippen LogP contribution in [0.5, 0.6) is 0 Å². The molecule has 0 unspecified atom stereocenters. The third kappa shape index (κ3) is 5.58. The van der Waals surface area contributed by atoms with E-state index in [1.165, 1.54) is 4.70 Å². The number of nitriles is 1. The lowest BCUT2D eigenvalue weighted by atomic mass is 9.91. The van der Waals surface area contributed by atoms with Gasteiger partial charge in [-0.1, -0.05) is 146 Å². The topological polar surface area (TPSA) is 54.5 Å². The maximum Gasteiger partial charge on any atom is 0.160 e. The van der Waals surface area contributed by atoms with Crippen molar-refractivity contribution in [3.63, 3.8) is 0 Å². The van der Waals surface area contributed by atoms with Gasteiger partial charge >= 0.3 is 0 Å². The van der Waals surface area contributed by atoms with Crippen LogP contribution < -0.4 is 0 Å². The van der Waals surface area contributed by atoms with Crippen LogP contribution in [0.25, 0.3) is 104 Å². The fourth-order valence-electron chi connectivity index (χ4n) is 8.33. The van der Waals surface area contributed by atoms with Gasteiger partial charge < -0.3 is 4.57 Å². The molecule has 11 rings (SSSR count). The second-order valence-corrected chi connectivity index (χ2v) is 15.5. The van der Waals surface area contributed by atoms with Gasteiger partial charge in [0.2, 0.25) is 0 Å². The molecule has 0 bridgehead atoms. The molecule has 0 amide bonds. The maximum absolute atomic E-state index is 10.1. The molecule has 0 aliphatic carbocycles. The van der Waals surface area contributed by atoms with E-state index in [4.69, 9.17) is 9.97 Å². The van der Waals surface area contributed by atoms with E-state index in [2.05, 4.69) is 168 Å². The molecular weight excluding hydrogens is 725 g/mol. The average molecular weight is 757 g/mol. The van der Waals surface area contributed by atoms with Crippen molar-refractivity contribution in [1.82, 2.24) is 14.5 Å². The minimum atomic E-state index is 0.629. The molecule has 270 valence electrons. The monoisotopic (exact) mass is 756 g/mol. The van der Waals surface area contributed by atoms with E-state index in [1.807, 2.05) is 36.4 Å². The summed E-state index contributed by atoms with van der Waals surface area (Å²) in [6, 6.07) is 70.4. The molecular formula is C53H32N4S. The summed E-state index contributed by atoms with van der Waals surface area (Å²) in [7, 11) is 0. The van der Waals surface area contributed by atoms with E-state index >= 15 is 0 Å². The Labute approximate surface area is 339 Å². The first-order valence-corrected chi connectivity index (χ1v) is 20.1. The lowest BCUT2D eigenvalue weighted by molar-refractivity contribution is 1.18. The number of hydrogen-bond donors (Lipinski definition) is 0. The normalized spacial score (nSPS) is 11.4. The van der Waals surface area contributed by atoms with E-state index in [9.17, 15) is 5.26 Å². The Morgan fingerprint density at radius 1 is 0.448 bits per heavy atom. The van der Waals surface area contributed by atoms with Gasteiger partial charge in [-0.15, -0.1) is 11.3 Å². The average Bonchev–Trinajstić information content (AvgIpc) is 3.84. The van der Waals surface area contributed by atoms with Gasteiger partial charge in [0.15, 0.2) is 5.82 Å². The molecule has 3 heterocycles. The van der Waals surface area contributed by atoms with Crippen molar-refractivity contribution in [2.75, 3.05) is 0 Å². The van der Waals surface area contributed by atoms with Gasteiger partial charge in [-0.25, -0.2) is 9.97 Å². The molecule has 0 aliphatic rings. The molecule has 0 aliphatic heterocycles. The van der Waals surface area contributed by atoms with Crippen LogP contribution in [0.15, 0.2) is 194 Å². The van der Waals surface area contributed by atoms with Crippen LogP contribution in [0.4, 0.5) is 0 Å². The van der Waals surface area contributed by atoms with Crippen LogP contribution in [-0.4, -0.2) is 14.5 Å².